The summed E-state index contributed by atoms with van der Waals surface area (Å²) in [6.07, 6.45) is 1.24. The van der Waals surface area contributed by atoms with Gasteiger partial charge in [-0.05, 0) is 48.2 Å². The molecule has 0 saturated carbocycles. The lowest BCUT2D eigenvalue weighted by Gasteiger charge is -2.43. The van der Waals surface area contributed by atoms with E-state index in [0.29, 0.717) is 6.42 Å². The highest BCUT2D eigenvalue weighted by Gasteiger charge is 2.33. The van der Waals surface area contributed by atoms with Gasteiger partial charge in [0, 0.05) is 50.0 Å². The molecular formula is C21H27N3O. The van der Waals surface area contributed by atoms with Crippen molar-refractivity contribution in [3.63, 3.8) is 0 Å². The molecule has 1 saturated heterocycles. The number of rotatable bonds is 2. The Labute approximate surface area is 149 Å². The van der Waals surface area contributed by atoms with Crippen LogP contribution in [0.25, 0.3) is 0 Å². The van der Waals surface area contributed by atoms with Crippen LogP contribution in [0.3, 0.4) is 0 Å². The number of fused-ring (bicyclic) bond motifs is 1. The fourth-order valence-electron chi connectivity index (χ4n) is 4.31. The fourth-order valence-corrected chi connectivity index (χ4v) is 4.31. The number of aliphatic hydroxyl groups excluding tert-OH is 1. The highest BCUT2D eigenvalue weighted by Crippen LogP contribution is 2.30. The van der Waals surface area contributed by atoms with E-state index in [9.17, 15) is 5.11 Å². The van der Waals surface area contributed by atoms with E-state index in [1.54, 1.807) is 0 Å². The maximum atomic E-state index is 10.7. The Kier molecular flexibility index (Phi) is 4.40. The Morgan fingerprint density at radius 3 is 2.52 bits per heavy atom. The van der Waals surface area contributed by atoms with Crippen LogP contribution in [0.2, 0.25) is 0 Å². The third kappa shape index (κ3) is 3.24. The van der Waals surface area contributed by atoms with Crippen molar-refractivity contribution in [1.29, 1.82) is 0 Å². The van der Waals surface area contributed by atoms with Gasteiger partial charge in [-0.15, -0.1) is 0 Å². The SMILES string of the molecule is Cc1cccc(N2CCN(C3Cc4cccc(N)c4CC3O)CC2)c1. The number of aliphatic hydroxyl groups is 1. The van der Waals surface area contributed by atoms with Gasteiger partial charge in [0.05, 0.1) is 6.10 Å². The van der Waals surface area contributed by atoms with E-state index < -0.39 is 0 Å². The van der Waals surface area contributed by atoms with E-state index >= 15 is 0 Å². The maximum absolute atomic E-state index is 10.7. The number of nitrogens with zero attached hydrogens (tertiary/aromatic N) is 2. The molecule has 25 heavy (non-hydrogen) atoms. The number of benzene rings is 2. The molecule has 132 valence electrons. The largest absolute Gasteiger partial charge is 0.398 e. The Balaban J connectivity index is 1.44. The van der Waals surface area contributed by atoms with Crippen molar-refractivity contribution in [3.05, 3.63) is 59.2 Å². The van der Waals surface area contributed by atoms with E-state index in [1.165, 1.54) is 16.8 Å². The predicted molar refractivity (Wildman–Crippen MR) is 103 cm³/mol. The van der Waals surface area contributed by atoms with Gasteiger partial charge < -0.3 is 15.7 Å². The standard InChI is InChI=1S/C21H27N3O/c1-15-4-2-6-17(12-15)23-8-10-24(11-9-23)20-13-16-5-3-7-19(22)18(16)14-21(20)25/h2-7,12,20-21,25H,8-11,13-14,22H2,1H3. The van der Waals surface area contributed by atoms with Gasteiger partial charge in [0.15, 0.2) is 0 Å². The number of nitrogen functional groups attached to an aromatic ring is 1. The average Bonchev–Trinajstić information content (AvgIpc) is 2.62. The van der Waals surface area contributed by atoms with Gasteiger partial charge in [-0.3, -0.25) is 4.90 Å². The Hall–Kier alpha value is -2.04. The molecule has 0 radical (unpaired) electrons. The molecule has 1 fully saturated rings. The normalized spacial score (nSPS) is 24.2. The van der Waals surface area contributed by atoms with E-state index in [0.717, 1.165) is 43.9 Å². The molecule has 0 aromatic heterocycles. The van der Waals surface area contributed by atoms with Crippen LogP contribution in [-0.2, 0) is 12.8 Å². The molecule has 4 nitrogen and oxygen atoms in total. The first-order valence-corrected chi connectivity index (χ1v) is 9.22. The zero-order valence-corrected chi connectivity index (χ0v) is 14.9. The van der Waals surface area contributed by atoms with Gasteiger partial charge in [-0.1, -0.05) is 24.3 Å². The Morgan fingerprint density at radius 2 is 1.76 bits per heavy atom. The number of hydrogen-bond donors (Lipinski definition) is 2. The van der Waals surface area contributed by atoms with Gasteiger partial charge in [-0.25, -0.2) is 0 Å². The second-order valence-corrected chi connectivity index (χ2v) is 7.39. The van der Waals surface area contributed by atoms with E-state index in [4.69, 9.17) is 5.73 Å². The first-order valence-electron chi connectivity index (χ1n) is 9.22. The zero-order valence-electron chi connectivity index (χ0n) is 14.9. The lowest BCUT2D eigenvalue weighted by molar-refractivity contribution is 0.0397. The fraction of sp³-hybridized carbons (Fsp3) is 0.429. The van der Waals surface area contributed by atoms with Crippen LogP contribution >= 0.6 is 0 Å². The predicted octanol–water partition coefficient (Wildman–Crippen LogP) is 2.23. The third-order valence-corrected chi connectivity index (χ3v) is 5.75. The molecule has 2 aromatic rings. The van der Waals surface area contributed by atoms with Crippen molar-refractivity contribution in [2.24, 2.45) is 0 Å². The minimum absolute atomic E-state index is 0.203. The molecule has 2 aromatic carbocycles. The van der Waals surface area contributed by atoms with Crippen LogP contribution in [0.15, 0.2) is 42.5 Å². The monoisotopic (exact) mass is 337 g/mol. The quantitative estimate of drug-likeness (QED) is 0.825. The molecule has 1 aliphatic heterocycles. The van der Waals surface area contributed by atoms with Crippen LogP contribution in [-0.4, -0.2) is 48.3 Å². The Bertz CT molecular complexity index is 753. The molecule has 0 bridgehead atoms. The van der Waals surface area contributed by atoms with E-state index in [-0.39, 0.29) is 12.1 Å². The summed E-state index contributed by atoms with van der Waals surface area (Å²) in [4.78, 5) is 4.91. The summed E-state index contributed by atoms with van der Waals surface area (Å²) in [6.45, 7) is 6.15. The molecule has 0 spiro atoms. The lowest BCUT2D eigenvalue weighted by atomic mass is 9.84. The molecule has 2 unspecified atom stereocenters. The molecule has 1 heterocycles. The second-order valence-electron chi connectivity index (χ2n) is 7.39. The molecule has 3 N–H and O–H groups in total. The highest BCUT2D eigenvalue weighted by molar-refractivity contribution is 5.53. The average molecular weight is 337 g/mol. The maximum Gasteiger partial charge on any atom is 0.0739 e. The van der Waals surface area contributed by atoms with E-state index in [1.807, 2.05) is 12.1 Å². The summed E-state index contributed by atoms with van der Waals surface area (Å²) in [5, 5.41) is 10.7. The van der Waals surface area contributed by atoms with Crippen LogP contribution in [0.4, 0.5) is 11.4 Å². The van der Waals surface area contributed by atoms with Crippen LogP contribution in [0, 0.1) is 6.92 Å². The summed E-state index contributed by atoms with van der Waals surface area (Å²) in [5.74, 6) is 0. The van der Waals surface area contributed by atoms with Crippen molar-refractivity contribution >= 4 is 11.4 Å². The first-order chi connectivity index (χ1) is 12.1. The minimum Gasteiger partial charge on any atom is -0.398 e. The number of piperazine rings is 1. The van der Waals surface area contributed by atoms with Crippen molar-refractivity contribution < 1.29 is 5.11 Å². The molecule has 1 aliphatic carbocycles. The highest BCUT2D eigenvalue weighted by atomic mass is 16.3. The molecule has 2 atom stereocenters. The van der Waals surface area contributed by atoms with Crippen molar-refractivity contribution in [3.8, 4) is 0 Å². The van der Waals surface area contributed by atoms with Gasteiger partial charge in [0.2, 0.25) is 0 Å². The number of aryl methyl sites for hydroxylation is 1. The van der Waals surface area contributed by atoms with Crippen molar-refractivity contribution in [2.45, 2.75) is 31.9 Å². The Morgan fingerprint density at radius 1 is 1.00 bits per heavy atom. The first kappa shape index (κ1) is 16.4. The summed E-state index contributed by atoms with van der Waals surface area (Å²) in [7, 11) is 0. The summed E-state index contributed by atoms with van der Waals surface area (Å²) in [5.41, 5.74) is 12.0. The molecule has 4 heteroatoms. The molecule has 0 amide bonds. The second kappa shape index (κ2) is 6.70. The molecular weight excluding hydrogens is 310 g/mol. The van der Waals surface area contributed by atoms with Crippen molar-refractivity contribution in [2.75, 3.05) is 36.8 Å². The van der Waals surface area contributed by atoms with Crippen LogP contribution in [0.5, 0.6) is 0 Å². The van der Waals surface area contributed by atoms with E-state index in [2.05, 4.69) is 47.1 Å². The summed E-state index contributed by atoms with van der Waals surface area (Å²) >= 11 is 0. The molecule has 2 aliphatic rings. The topological polar surface area (TPSA) is 52.7 Å². The van der Waals surface area contributed by atoms with Gasteiger partial charge in [-0.2, -0.15) is 0 Å². The van der Waals surface area contributed by atoms with Crippen LogP contribution < -0.4 is 10.6 Å². The zero-order chi connectivity index (χ0) is 17.4. The van der Waals surface area contributed by atoms with Gasteiger partial charge in [0.1, 0.15) is 0 Å². The summed E-state index contributed by atoms with van der Waals surface area (Å²) in [6, 6.07) is 15.0. The number of nitrogens with two attached hydrogens (primary N) is 1. The number of anilines is 2. The van der Waals surface area contributed by atoms with Crippen molar-refractivity contribution in [1.82, 2.24) is 4.90 Å². The smallest absolute Gasteiger partial charge is 0.0739 e. The van der Waals surface area contributed by atoms with Crippen LogP contribution in [0.1, 0.15) is 16.7 Å². The van der Waals surface area contributed by atoms with Gasteiger partial charge in [0.25, 0.3) is 0 Å². The lowest BCUT2D eigenvalue weighted by Crippen LogP contribution is -2.56. The third-order valence-electron chi connectivity index (χ3n) is 5.75. The summed E-state index contributed by atoms with van der Waals surface area (Å²) < 4.78 is 0. The molecule has 4 rings (SSSR count). The minimum atomic E-state index is -0.331. The number of hydrogen-bond acceptors (Lipinski definition) is 4. The van der Waals surface area contributed by atoms with Gasteiger partial charge >= 0.3 is 0 Å².